The summed E-state index contributed by atoms with van der Waals surface area (Å²) in [7, 11) is -0.702. The highest BCUT2D eigenvalue weighted by Gasteiger charge is 2.52. The van der Waals surface area contributed by atoms with E-state index in [1.54, 1.807) is 12.1 Å². The Kier molecular flexibility index (Phi) is 5.35. The van der Waals surface area contributed by atoms with E-state index in [1.807, 2.05) is 33.8 Å². The molecule has 0 spiro atoms. The van der Waals surface area contributed by atoms with Gasteiger partial charge >= 0.3 is 7.12 Å². The third kappa shape index (κ3) is 4.09. The van der Waals surface area contributed by atoms with E-state index in [0.29, 0.717) is 11.0 Å². The van der Waals surface area contributed by atoms with Crippen LogP contribution in [0.1, 0.15) is 45.7 Å². The Balaban J connectivity index is 2.43. The normalized spacial score (nSPS) is 18.8. The van der Waals surface area contributed by atoms with Crippen LogP contribution in [0.4, 0.5) is 4.39 Å². The second-order valence-corrected chi connectivity index (χ2v) is 7.03. The summed E-state index contributed by atoms with van der Waals surface area (Å²) in [4.78, 5) is 11.3. The molecule has 1 heterocycles. The molecule has 1 amide bonds. The first-order chi connectivity index (χ1) is 11.6. The van der Waals surface area contributed by atoms with Crippen molar-refractivity contribution in [2.75, 3.05) is 6.54 Å². The summed E-state index contributed by atoms with van der Waals surface area (Å²) in [5, 5.41) is 11.9. The number of nitriles is 1. The molecule has 1 aliphatic heterocycles. The van der Waals surface area contributed by atoms with Crippen LogP contribution in [0.5, 0.6) is 0 Å². The maximum atomic E-state index is 13.9. The Hall–Kier alpha value is -2.17. The van der Waals surface area contributed by atoms with Gasteiger partial charge < -0.3 is 14.6 Å². The highest BCUT2D eigenvalue weighted by Crippen LogP contribution is 2.38. The Labute approximate surface area is 148 Å². The monoisotopic (exact) mass is 344 g/mol. The van der Waals surface area contributed by atoms with Gasteiger partial charge in [0.2, 0.25) is 5.91 Å². The molecule has 0 atom stereocenters. The van der Waals surface area contributed by atoms with E-state index in [9.17, 15) is 14.4 Å². The number of carbonyl (C=O) groups excluding carboxylic acids is 1. The number of amides is 1. The Morgan fingerprint density at radius 1 is 1.32 bits per heavy atom. The van der Waals surface area contributed by atoms with Crippen molar-refractivity contribution in [3.05, 3.63) is 40.6 Å². The van der Waals surface area contributed by atoms with Crippen LogP contribution in [0.15, 0.2) is 23.7 Å². The topological polar surface area (TPSA) is 71.4 Å². The lowest BCUT2D eigenvalue weighted by Gasteiger charge is -2.32. The summed E-state index contributed by atoms with van der Waals surface area (Å²) in [5.41, 5.74) is -0.132. The van der Waals surface area contributed by atoms with Crippen molar-refractivity contribution in [1.82, 2.24) is 5.32 Å². The van der Waals surface area contributed by atoms with Crippen molar-refractivity contribution in [2.45, 2.75) is 45.8 Å². The molecule has 1 saturated heterocycles. The van der Waals surface area contributed by atoms with Crippen LogP contribution < -0.4 is 5.32 Å². The fraction of sp³-hybridized carbons (Fsp3) is 0.444. The van der Waals surface area contributed by atoms with Crippen molar-refractivity contribution < 1.29 is 18.5 Å². The zero-order chi connectivity index (χ0) is 18.8. The van der Waals surface area contributed by atoms with Crippen LogP contribution in [0.3, 0.4) is 0 Å². The Morgan fingerprint density at radius 3 is 2.44 bits per heavy atom. The van der Waals surface area contributed by atoms with Gasteiger partial charge in [-0.25, -0.2) is 4.39 Å². The maximum Gasteiger partial charge on any atom is 0.492 e. The smallest absolute Gasteiger partial charge is 0.400 e. The quantitative estimate of drug-likeness (QED) is 0.853. The van der Waals surface area contributed by atoms with Crippen LogP contribution in [-0.2, 0) is 14.1 Å². The van der Waals surface area contributed by atoms with E-state index >= 15 is 0 Å². The number of hydrogen-bond donors (Lipinski definition) is 1. The number of nitrogens with one attached hydrogen (secondary N) is 1. The lowest BCUT2D eigenvalue weighted by Crippen LogP contribution is -2.41. The lowest BCUT2D eigenvalue weighted by atomic mass is 9.76. The Bertz CT molecular complexity index is 737. The molecule has 132 valence electrons. The molecule has 1 aromatic carbocycles. The number of halogens is 1. The molecular weight excluding hydrogens is 322 g/mol. The van der Waals surface area contributed by atoms with Crippen LogP contribution in [0, 0.1) is 17.1 Å². The predicted octanol–water partition coefficient (Wildman–Crippen LogP) is 2.85. The molecule has 5 nitrogen and oxygen atoms in total. The predicted molar refractivity (Wildman–Crippen MR) is 93.9 cm³/mol. The summed E-state index contributed by atoms with van der Waals surface area (Å²) in [6, 6.07) is 6.27. The van der Waals surface area contributed by atoms with E-state index in [2.05, 4.69) is 5.32 Å². The first kappa shape index (κ1) is 19.2. The van der Waals surface area contributed by atoms with Crippen molar-refractivity contribution in [3.8, 4) is 6.07 Å². The largest absolute Gasteiger partial charge is 0.492 e. The molecule has 0 saturated carbocycles. The zero-order valence-electron chi connectivity index (χ0n) is 15.1. The third-order valence-corrected chi connectivity index (χ3v) is 4.60. The maximum absolute atomic E-state index is 13.9. The highest BCUT2D eigenvalue weighted by atomic mass is 19.1. The van der Waals surface area contributed by atoms with Crippen molar-refractivity contribution in [1.29, 1.82) is 5.26 Å². The summed E-state index contributed by atoms with van der Waals surface area (Å²) in [5.74, 6) is -0.800. The Morgan fingerprint density at radius 2 is 1.92 bits per heavy atom. The van der Waals surface area contributed by atoms with Crippen LogP contribution in [-0.4, -0.2) is 30.8 Å². The molecule has 1 fully saturated rings. The van der Waals surface area contributed by atoms with E-state index in [-0.39, 0.29) is 18.0 Å². The van der Waals surface area contributed by atoms with E-state index in [1.165, 1.54) is 19.1 Å². The molecule has 0 unspecified atom stereocenters. The minimum Gasteiger partial charge on any atom is -0.400 e. The minimum atomic E-state index is -0.702. The summed E-state index contributed by atoms with van der Waals surface area (Å²) in [6.45, 7) is 9.27. The molecule has 0 radical (unpaired) electrons. The van der Waals surface area contributed by atoms with Gasteiger partial charge in [0.1, 0.15) is 11.9 Å². The fourth-order valence-electron chi connectivity index (χ4n) is 2.40. The third-order valence-electron chi connectivity index (χ3n) is 4.60. The van der Waals surface area contributed by atoms with E-state index in [4.69, 9.17) is 9.31 Å². The van der Waals surface area contributed by atoms with Gasteiger partial charge in [-0.1, -0.05) is 18.2 Å². The second kappa shape index (κ2) is 6.99. The van der Waals surface area contributed by atoms with Crippen molar-refractivity contribution in [2.24, 2.45) is 0 Å². The molecule has 7 heteroatoms. The number of hydrogen-bond acceptors (Lipinski definition) is 4. The molecule has 1 N–H and O–H groups in total. The van der Waals surface area contributed by atoms with Gasteiger partial charge in [0, 0.05) is 13.5 Å². The van der Waals surface area contributed by atoms with Gasteiger partial charge in [0.05, 0.1) is 16.8 Å². The van der Waals surface area contributed by atoms with Gasteiger partial charge in [-0.05, 0) is 44.8 Å². The SMILES string of the molecule is CC(=O)NCC(=Cc1cccc(F)c1C#N)B1OC(C)(C)C(C)(C)O1. The average Bonchev–Trinajstić information content (AvgIpc) is 2.71. The van der Waals surface area contributed by atoms with E-state index < -0.39 is 24.1 Å². The van der Waals surface area contributed by atoms with Crippen molar-refractivity contribution >= 4 is 19.1 Å². The van der Waals surface area contributed by atoms with Gasteiger partial charge in [-0.15, -0.1) is 0 Å². The first-order valence-electron chi connectivity index (χ1n) is 8.06. The van der Waals surface area contributed by atoms with Crippen LogP contribution in [0.2, 0.25) is 0 Å². The molecule has 0 aromatic heterocycles. The van der Waals surface area contributed by atoms with Gasteiger partial charge in [-0.3, -0.25) is 4.79 Å². The summed E-state index contributed by atoms with van der Waals surface area (Å²) < 4.78 is 25.9. The number of benzene rings is 1. The molecule has 25 heavy (non-hydrogen) atoms. The molecule has 1 aromatic rings. The molecule has 0 aliphatic carbocycles. The second-order valence-electron chi connectivity index (χ2n) is 7.03. The van der Waals surface area contributed by atoms with E-state index in [0.717, 1.165) is 0 Å². The van der Waals surface area contributed by atoms with Crippen LogP contribution >= 0.6 is 0 Å². The molecule has 0 bridgehead atoms. The standard InChI is InChI=1S/C18H22BFN2O3/c1-12(23)22-11-14(19-24-17(2,3)18(4,5)25-19)9-13-7-6-8-16(20)15(13)10-21/h6-9H,11H2,1-5H3,(H,22,23). The fourth-order valence-corrected chi connectivity index (χ4v) is 2.40. The zero-order valence-corrected chi connectivity index (χ0v) is 15.1. The summed E-state index contributed by atoms with van der Waals surface area (Å²) >= 11 is 0. The number of nitrogens with zero attached hydrogens (tertiary/aromatic N) is 1. The summed E-state index contributed by atoms with van der Waals surface area (Å²) in [6.07, 6.45) is 1.64. The highest BCUT2D eigenvalue weighted by molar-refractivity contribution is 6.56. The van der Waals surface area contributed by atoms with Crippen molar-refractivity contribution in [3.63, 3.8) is 0 Å². The van der Waals surface area contributed by atoms with Crippen LogP contribution in [0.25, 0.3) is 6.08 Å². The number of rotatable bonds is 4. The minimum absolute atomic E-state index is 0.0562. The first-order valence-corrected chi connectivity index (χ1v) is 8.06. The average molecular weight is 344 g/mol. The van der Waals surface area contributed by atoms with Gasteiger partial charge in [-0.2, -0.15) is 5.26 Å². The molecule has 2 rings (SSSR count). The lowest BCUT2D eigenvalue weighted by molar-refractivity contribution is -0.118. The van der Waals surface area contributed by atoms with Gasteiger partial charge in [0.25, 0.3) is 0 Å². The molecular formula is C18H22BFN2O3. The van der Waals surface area contributed by atoms with Gasteiger partial charge in [0.15, 0.2) is 0 Å². The number of carbonyl (C=O) groups is 1. The molecule has 1 aliphatic rings.